The lowest BCUT2D eigenvalue weighted by Gasteiger charge is -2.30. The Balaban J connectivity index is 2.23. The van der Waals surface area contributed by atoms with Gasteiger partial charge < -0.3 is 5.32 Å². The molecule has 1 atom stereocenters. The summed E-state index contributed by atoms with van der Waals surface area (Å²) in [5.74, 6) is -0.0373. The second-order valence-corrected chi connectivity index (χ2v) is 6.15. The summed E-state index contributed by atoms with van der Waals surface area (Å²) in [4.78, 5) is 16.1. The molecule has 0 saturated carbocycles. The fourth-order valence-electron chi connectivity index (χ4n) is 2.25. The highest BCUT2D eigenvalue weighted by atomic mass is 35.5. The van der Waals surface area contributed by atoms with Crippen LogP contribution in [0.5, 0.6) is 0 Å². The van der Waals surface area contributed by atoms with Crippen molar-refractivity contribution >= 4 is 17.5 Å². The minimum atomic E-state index is -0.0373. The first-order chi connectivity index (χ1) is 7.85. The Morgan fingerprint density at radius 2 is 2.18 bits per heavy atom. The molecule has 0 radical (unpaired) electrons. The lowest BCUT2D eigenvalue weighted by Crippen LogP contribution is -2.43. The van der Waals surface area contributed by atoms with E-state index < -0.39 is 0 Å². The maximum Gasteiger partial charge on any atom is 0.253 e. The Bertz CT molecular complexity index is 451. The quantitative estimate of drug-likeness (QED) is 0.781. The van der Waals surface area contributed by atoms with E-state index in [4.69, 9.17) is 11.6 Å². The van der Waals surface area contributed by atoms with E-state index in [1.54, 1.807) is 12.1 Å². The molecule has 1 aromatic rings. The van der Waals surface area contributed by atoms with Crippen LogP contribution in [-0.4, -0.2) is 16.9 Å². The van der Waals surface area contributed by atoms with Crippen LogP contribution in [0.25, 0.3) is 0 Å². The molecule has 0 spiro atoms. The lowest BCUT2D eigenvalue weighted by molar-refractivity contribution is 0.0912. The largest absolute Gasteiger partial charge is 0.349 e. The van der Waals surface area contributed by atoms with Crippen molar-refractivity contribution in [1.82, 2.24) is 10.3 Å². The molecule has 0 aromatic carbocycles. The average molecular weight is 253 g/mol. The van der Waals surface area contributed by atoms with Crippen LogP contribution in [0.15, 0.2) is 12.1 Å². The van der Waals surface area contributed by atoms with Crippen LogP contribution in [-0.2, 0) is 6.42 Å². The molecule has 1 aliphatic rings. The van der Waals surface area contributed by atoms with Crippen LogP contribution in [0, 0.1) is 5.41 Å². The van der Waals surface area contributed by atoms with Gasteiger partial charge in [0, 0.05) is 12.5 Å². The fourth-order valence-corrected chi connectivity index (χ4v) is 2.41. The predicted molar refractivity (Wildman–Crippen MR) is 68.3 cm³/mol. The number of nitrogens with one attached hydrogen (secondary N) is 1. The summed E-state index contributed by atoms with van der Waals surface area (Å²) in [7, 11) is 0. The molecule has 0 fully saturated rings. The Morgan fingerprint density at radius 1 is 1.47 bits per heavy atom. The third-order valence-corrected chi connectivity index (χ3v) is 3.03. The van der Waals surface area contributed by atoms with Gasteiger partial charge in [-0.05, 0) is 24.0 Å². The molecule has 4 heteroatoms. The van der Waals surface area contributed by atoms with Crippen LogP contribution >= 0.6 is 11.6 Å². The molecule has 2 rings (SSSR count). The Labute approximate surface area is 107 Å². The minimum Gasteiger partial charge on any atom is -0.349 e. The highest BCUT2D eigenvalue weighted by Crippen LogP contribution is 2.26. The summed E-state index contributed by atoms with van der Waals surface area (Å²) in [5, 5.41) is 3.48. The number of nitrogens with zero attached hydrogens (tertiary/aromatic N) is 1. The molecule has 1 amide bonds. The number of halogens is 1. The third kappa shape index (κ3) is 2.97. The van der Waals surface area contributed by atoms with Gasteiger partial charge in [0.25, 0.3) is 5.91 Å². The molecule has 92 valence electrons. The molecule has 17 heavy (non-hydrogen) atoms. The van der Waals surface area contributed by atoms with Crippen LogP contribution in [0.3, 0.4) is 0 Å². The number of hydrogen-bond donors (Lipinski definition) is 1. The van der Waals surface area contributed by atoms with Crippen molar-refractivity contribution < 1.29 is 4.79 Å². The number of carbonyl (C=O) groups excluding carboxylic acids is 1. The van der Waals surface area contributed by atoms with Gasteiger partial charge in [-0.15, -0.1) is 0 Å². The summed E-state index contributed by atoms with van der Waals surface area (Å²) in [5.41, 5.74) is 1.66. The van der Waals surface area contributed by atoms with Gasteiger partial charge in [-0.2, -0.15) is 0 Å². The van der Waals surface area contributed by atoms with Gasteiger partial charge in [-0.3, -0.25) is 4.79 Å². The van der Waals surface area contributed by atoms with Gasteiger partial charge in [-0.1, -0.05) is 32.4 Å². The van der Waals surface area contributed by atoms with Crippen molar-refractivity contribution in [2.24, 2.45) is 5.41 Å². The number of fused-ring (bicyclic) bond motifs is 1. The van der Waals surface area contributed by atoms with Gasteiger partial charge in [0.1, 0.15) is 5.15 Å². The first-order valence-corrected chi connectivity index (χ1v) is 6.19. The highest BCUT2D eigenvalue weighted by molar-refractivity contribution is 6.29. The van der Waals surface area contributed by atoms with Crippen molar-refractivity contribution in [2.75, 3.05) is 0 Å². The van der Waals surface area contributed by atoms with Gasteiger partial charge in [-0.25, -0.2) is 4.98 Å². The molecule has 1 unspecified atom stereocenters. The van der Waals surface area contributed by atoms with Crippen molar-refractivity contribution in [1.29, 1.82) is 0 Å². The van der Waals surface area contributed by atoms with Crippen LogP contribution in [0.1, 0.15) is 43.2 Å². The maximum atomic E-state index is 11.9. The van der Waals surface area contributed by atoms with E-state index in [-0.39, 0.29) is 17.4 Å². The zero-order chi connectivity index (χ0) is 12.6. The van der Waals surface area contributed by atoms with Crippen LogP contribution in [0.2, 0.25) is 5.15 Å². The zero-order valence-electron chi connectivity index (χ0n) is 10.4. The summed E-state index contributed by atoms with van der Waals surface area (Å²) >= 11 is 5.86. The first kappa shape index (κ1) is 12.4. The van der Waals surface area contributed by atoms with Crippen molar-refractivity contribution in [3.63, 3.8) is 0 Å². The second kappa shape index (κ2) is 4.30. The van der Waals surface area contributed by atoms with Crippen LogP contribution in [0.4, 0.5) is 0 Å². The summed E-state index contributed by atoms with van der Waals surface area (Å²) in [6.45, 7) is 6.50. The fraction of sp³-hybridized carbons (Fsp3) is 0.538. The highest BCUT2D eigenvalue weighted by Gasteiger charge is 2.28. The maximum absolute atomic E-state index is 11.9. The van der Waals surface area contributed by atoms with Gasteiger partial charge in [0.05, 0.1) is 11.3 Å². The molecule has 1 N–H and O–H groups in total. The van der Waals surface area contributed by atoms with Crippen molar-refractivity contribution in [2.45, 2.75) is 39.7 Å². The molecule has 0 saturated heterocycles. The number of carbonyl (C=O) groups is 1. The number of hydrogen-bond acceptors (Lipinski definition) is 2. The average Bonchev–Trinajstić information content (AvgIpc) is 2.13. The van der Waals surface area contributed by atoms with E-state index in [2.05, 4.69) is 31.1 Å². The second-order valence-electron chi connectivity index (χ2n) is 5.77. The van der Waals surface area contributed by atoms with Crippen LogP contribution < -0.4 is 5.32 Å². The molecule has 1 aromatic heterocycles. The Hall–Kier alpha value is -1.09. The normalized spacial score (nSPS) is 19.8. The summed E-state index contributed by atoms with van der Waals surface area (Å²) in [6, 6.07) is 3.55. The lowest BCUT2D eigenvalue weighted by atomic mass is 9.84. The molecule has 0 aliphatic carbocycles. The van der Waals surface area contributed by atoms with E-state index in [1.807, 2.05) is 0 Å². The number of aromatic nitrogens is 1. The third-order valence-electron chi connectivity index (χ3n) is 2.82. The number of pyridine rings is 1. The standard InChI is InChI=1S/C13H17ClN2O/c1-13(2,3)7-8-6-10-9(12(17)15-8)4-5-11(14)16-10/h4-5,8H,6-7H2,1-3H3,(H,15,17). The monoisotopic (exact) mass is 252 g/mol. The van der Waals surface area contributed by atoms with Gasteiger partial charge >= 0.3 is 0 Å². The summed E-state index contributed by atoms with van der Waals surface area (Å²) < 4.78 is 0. The predicted octanol–water partition coefficient (Wildman–Crippen LogP) is 2.83. The summed E-state index contributed by atoms with van der Waals surface area (Å²) in [6.07, 6.45) is 1.70. The molecule has 3 nitrogen and oxygen atoms in total. The van der Waals surface area contributed by atoms with Gasteiger partial charge in [0.2, 0.25) is 0 Å². The smallest absolute Gasteiger partial charge is 0.253 e. The minimum absolute atomic E-state index is 0.0373. The molecule has 0 bridgehead atoms. The molecule has 1 aliphatic heterocycles. The Morgan fingerprint density at radius 3 is 2.82 bits per heavy atom. The van der Waals surface area contributed by atoms with E-state index in [0.717, 1.165) is 18.5 Å². The first-order valence-electron chi connectivity index (χ1n) is 5.81. The molecule has 2 heterocycles. The van der Waals surface area contributed by atoms with E-state index in [1.165, 1.54) is 0 Å². The van der Waals surface area contributed by atoms with Crippen molar-refractivity contribution in [3.05, 3.63) is 28.5 Å². The SMILES string of the molecule is CC(C)(C)CC1Cc2nc(Cl)ccc2C(=O)N1. The number of amides is 1. The number of rotatable bonds is 1. The topological polar surface area (TPSA) is 42.0 Å². The van der Waals surface area contributed by atoms with Crippen molar-refractivity contribution in [3.8, 4) is 0 Å². The Kier molecular flexibility index (Phi) is 3.13. The van der Waals surface area contributed by atoms with Gasteiger partial charge in [0.15, 0.2) is 0 Å². The van der Waals surface area contributed by atoms with E-state index in [9.17, 15) is 4.79 Å². The molecular formula is C13H17ClN2O. The van der Waals surface area contributed by atoms with E-state index in [0.29, 0.717) is 10.7 Å². The van der Waals surface area contributed by atoms with E-state index >= 15 is 0 Å². The zero-order valence-corrected chi connectivity index (χ0v) is 11.1. The molecular weight excluding hydrogens is 236 g/mol.